The van der Waals surface area contributed by atoms with Crippen molar-refractivity contribution in [3.8, 4) is 0 Å². The van der Waals surface area contributed by atoms with Crippen LogP contribution in [0.4, 0.5) is 0 Å². The van der Waals surface area contributed by atoms with Crippen molar-refractivity contribution in [2.75, 3.05) is 26.7 Å². The number of rotatable bonds is 7. The lowest BCUT2D eigenvalue weighted by Gasteiger charge is -2.26. The van der Waals surface area contributed by atoms with Crippen molar-refractivity contribution in [2.24, 2.45) is 0 Å². The third kappa shape index (κ3) is 4.48. The van der Waals surface area contributed by atoms with Crippen LogP contribution < -0.4 is 5.32 Å². The number of aromatic nitrogens is 1. The first-order chi connectivity index (χ1) is 13.0. The molecule has 1 aliphatic heterocycles. The molecule has 7 nitrogen and oxygen atoms in total. The Kier molecular flexibility index (Phi) is 5.78. The van der Waals surface area contributed by atoms with Gasteiger partial charge in [-0.3, -0.25) is 14.4 Å². The second-order valence-corrected chi connectivity index (χ2v) is 7.06. The molecule has 7 heteroatoms. The van der Waals surface area contributed by atoms with Crippen LogP contribution in [-0.4, -0.2) is 65.2 Å². The number of para-hydroxylation sites is 1. The molecule has 1 fully saturated rings. The van der Waals surface area contributed by atoms with Gasteiger partial charge in [0.2, 0.25) is 17.7 Å². The van der Waals surface area contributed by atoms with E-state index in [-0.39, 0.29) is 17.7 Å². The fraction of sp³-hybridized carbons (Fsp3) is 0.450. The average molecular weight is 370 g/mol. The molecule has 1 aromatic heterocycles. The topological polar surface area (TPSA) is 85.5 Å². The second kappa shape index (κ2) is 8.24. The summed E-state index contributed by atoms with van der Waals surface area (Å²) in [6.45, 7) is 3.15. The Morgan fingerprint density at radius 1 is 1.33 bits per heavy atom. The van der Waals surface area contributed by atoms with Crippen molar-refractivity contribution in [1.82, 2.24) is 20.1 Å². The van der Waals surface area contributed by atoms with Gasteiger partial charge in [-0.05, 0) is 18.1 Å². The third-order valence-corrected chi connectivity index (χ3v) is 5.03. The summed E-state index contributed by atoms with van der Waals surface area (Å²) >= 11 is 0. The average Bonchev–Trinajstić information content (AvgIpc) is 3.24. The smallest absolute Gasteiger partial charge is 0.245 e. The fourth-order valence-electron chi connectivity index (χ4n) is 3.55. The minimum atomic E-state index is -0.638. The zero-order valence-corrected chi connectivity index (χ0v) is 15.8. The summed E-state index contributed by atoms with van der Waals surface area (Å²) in [6, 6.07) is 7.24. The monoisotopic (exact) mass is 370 g/mol. The van der Waals surface area contributed by atoms with Crippen molar-refractivity contribution in [2.45, 2.75) is 32.2 Å². The first kappa shape index (κ1) is 18.9. The lowest BCUT2D eigenvalue weighted by atomic mass is 10.0. The molecule has 1 unspecified atom stereocenters. The summed E-state index contributed by atoms with van der Waals surface area (Å²) in [5.41, 5.74) is 1.99. The molecule has 3 amide bonds. The molecule has 0 radical (unpaired) electrons. The third-order valence-electron chi connectivity index (χ3n) is 5.03. The number of likely N-dealkylation sites (N-methyl/N-ethyl adjacent to an activating group) is 1. The molecular weight excluding hydrogens is 344 g/mol. The van der Waals surface area contributed by atoms with Crippen LogP contribution >= 0.6 is 0 Å². The first-order valence-corrected chi connectivity index (χ1v) is 9.30. The summed E-state index contributed by atoms with van der Waals surface area (Å²) in [7, 11) is 1.72. The molecule has 0 aliphatic carbocycles. The number of hydrogen-bond donors (Lipinski definition) is 2. The van der Waals surface area contributed by atoms with Crippen LogP contribution in [0.15, 0.2) is 30.5 Å². The Hall–Kier alpha value is -2.83. The highest BCUT2D eigenvalue weighted by atomic mass is 16.2. The lowest BCUT2D eigenvalue weighted by molar-refractivity contribution is -0.136. The number of nitrogens with one attached hydrogen (secondary N) is 2. The largest absolute Gasteiger partial charge is 0.361 e. The zero-order valence-electron chi connectivity index (χ0n) is 15.8. The van der Waals surface area contributed by atoms with E-state index in [9.17, 15) is 14.4 Å². The maximum Gasteiger partial charge on any atom is 0.245 e. The lowest BCUT2D eigenvalue weighted by Crippen LogP contribution is -2.49. The summed E-state index contributed by atoms with van der Waals surface area (Å²) in [6.07, 6.45) is 3.77. The van der Waals surface area contributed by atoms with Crippen molar-refractivity contribution < 1.29 is 14.4 Å². The van der Waals surface area contributed by atoms with Gasteiger partial charge in [-0.2, -0.15) is 0 Å². The minimum absolute atomic E-state index is 0.146. The second-order valence-electron chi connectivity index (χ2n) is 7.06. The molecule has 0 spiro atoms. The summed E-state index contributed by atoms with van der Waals surface area (Å²) in [4.78, 5) is 42.9. The van der Waals surface area contributed by atoms with Crippen LogP contribution in [-0.2, 0) is 20.8 Å². The predicted octanol–water partition coefficient (Wildman–Crippen LogP) is 1.30. The molecule has 2 heterocycles. The highest BCUT2D eigenvalue weighted by Crippen LogP contribution is 2.19. The van der Waals surface area contributed by atoms with Gasteiger partial charge in [0.25, 0.3) is 0 Å². The predicted molar refractivity (Wildman–Crippen MR) is 103 cm³/mol. The summed E-state index contributed by atoms with van der Waals surface area (Å²) < 4.78 is 0. The highest BCUT2D eigenvalue weighted by molar-refractivity contribution is 5.89. The normalized spacial score (nSPS) is 15.2. The number of benzene rings is 1. The van der Waals surface area contributed by atoms with Gasteiger partial charge in [0.15, 0.2) is 0 Å². The number of carbonyl (C=O) groups excluding carboxylic acids is 3. The molecule has 1 aromatic carbocycles. The Labute approximate surface area is 158 Å². The SMILES string of the molecule is CC(=O)NC(Cc1c[nH]c2ccccc12)C(=O)N(C)CCN1CCCC1=O. The maximum atomic E-state index is 12.9. The zero-order chi connectivity index (χ0) is 19.4. The van der Waals surface area contributed by atoms with E-state index in [1.165, 1.54) is 6.92 Å². The van der Waals surface area contributed by atoms with Crippen molar-refractivity contribution >= 4 is 28.6 Å². The van der Waals surface area contributed by atoms with Gasteiger partial charge in [0, 0.05) is 63.5 Å². The van der Waals surface area contributed by atoms with Gasteiger partial charge in [-0.15, -0.1) is 0 Å². The minimum Gasteiger partial charge on any atom is -0.361 e. The number of likely N-dealkylation sites (tertiary alicyclic amines) is 1. The Morgan fingerprint density at radius 2 is 2.11 bits per heavy atom. The number of aromatic amines is 1. The molecule has 144 valence electrons. The van der Waals surface area contributed by atoms with Crippen LogP contribution in [0.5, 0.6) is 0 Å². The molecule has 1 saturated heterocycles. The molecule has 2 N–H and O–H groups in total. The first-order valence-electron chi connectivity index (χ1n) is 9.30. The standard InChI is InChI=1S/C20H26N4O3/c1-14(25)22-18(12-15-13-21-17-7-4-3-6-16(15)17)20(27)23(2)10-11-24-9-5-8-19(24)26/h3-4,6-7,13,18,21H,5,8-12H2,1-2H3,(H,22,25). The molecule has 27 heavy (non-hydrogen) atoms. The molecule has 0 saturated carbocycles. The summed E-state index contributed by atoms with van der Waals surface area (Å²) in [5, 5.41) is 3.82. The van der Waals surface area contributed by atoms with E-state index in [4.69, 9.17) is 0 Å². The van der Waals surface area contributed by atoms with E-state index in [0.29, 0.717) is 25.9 Å². The van der Waals surface area contributed by atoms with Crippen LogP contribution in [0, 0.1) is 0 Å². The van der Waals surface area contributed by atoms with Gasteiger partial charge >= 0.3 is 0 Å². The molecule has 1 aliphatic rings. The Bertz CT molecular complexity index is 845. The van der Waals surface area contributed by atoms with Crippen LogP contribution in [0.1, 0.15) is 25.3 Å². The number of fused-ring (bicyclic) bond motifs is 1. The fourth-order valence-corrected chi connectivity index (χ4v) is 3.55. The molecule has 1 atom stereocenters. The van der Waals surface area contributed by atoms with E-state index >= 15 is 0 Å². The molecule has 3 rings (SSSR count). The van der Waals surface area contributed by atoms with Crippen molar-refractivity contribution in [3.63, 3.8) is 0 Å². The summed E-state index contributed by atoms with van der Waals surface area (Å²) in [5.74, 6) is -0.244. The maximum absolute atomic E-state index is 12.9. The number of H-pyrrole nitrogens is 1. The molecular formula is C20H26N4O3. The van der Waals surface area contributed by atoms with E-state index in [2.05, 4.69) is 10.3 Å². The molecule has 0 bridgehead atoms. The van der Waals surface area contributed by atoms with E-state index in [1.807, 2.05) is 30.5 Å². The number of amides is 3. The van der Waals surface area contributed by atoms with Crippen LogP contribution in [0.2, 0.25) is 0 Å². The van der Waals surface area contributed by atoms with Gasteiger partial charge < -0.3 is 20.1 Å². The van der Waals surface area contributed by atoms with Gasteiger partial charge in [-0.25, -0.2) is 0 Å². The highest BCUT2D eigenvalue weighted by Gasteiger charge is 2.26. The number of nitrogens with zero attached hydrogens (tertiary/aromatic N) is 2. The van der Waals surface area contributed by atoms with Gasteiger partial charge in [-0.1, -0.05) is 18.2 Å². The van der Waals surface area contributed by atoms with Crippen LogP contribution in [0.25, 0.3) is 10.9 Å². The van der Waals surface area contributed by atoms with E-state index in [0.717, 1.165) is 29.4 Å². The van der Waals surface area contributed by atoms with E-state index < -0.39 is 6.04 Å². The van der Waals surface area contributed by atoms with Gasteiger partial charge in [0.05, 0.1) is 0 Å². The van der Waals surface area contributed by atoms with Crippen molar-refractivity contribution in [1.29, 1.82) is 0 Å². The Morgan fingerprint density at radius 3 is 2.81 bits per heavy atom. The van der Waals surface area contributed by atoms with E-state index in [1.54, 1.807) is 16.8 Å². The number of carbonyl (C=O) groups is 3. The van der Waals surface area contributed by atoms with Crippen LogP contribution in [0.3, 0.4) is 0 Å². The Balaban J connectivity index is 1.68. The van der Waals surface area contributed by atoms with Crippen molar-refractivity contribution in [3.05, 3.63) is 36.0 Å². The van der Waals surface area contributed by atoms with Gasteiger partial charge in [0.1, 0.15) is 6.04 Å². The number of hydrogen-bond acceptors (Lipinski definition) is 3. The quantitative estimate of drug-likeness (QED) is 0.770. The molecule has 2 aromatic rings.